The second-order valence-electron chi connectivity index (χ2n) is 23.0. The lowest BCUT2D eigenvalue weighted by molar-refractivity contribution is 1.62. The predicted octanol–water partition coefficient (Wildman–Crippen LogP) is 23.9. The average molecular weight is 1060 g/mol. The third kappa shape index (κ3) is 7.14. The summed E-state index contributed by atoms with van der Waals surface area (Å²) in [6.45, 7) is 0. The van der Waals surface area contributed by atoms with Crippen molar-refractivity contribution >= 4 is 129 Å². The maximum Gasteiger partial charge on any atom is -0.00928 e. The molecule has 18 aromatic rings. The van der Waals surface area contributed by atoms with Crippen molar-refractivity contribution in [1.29, 1.82) is 0 Å². The lowest BCUT2D eigenvalue weighted by Gasteiger charge is -2.15. The highest BCUT2D eigenvalue weighted by molar-refractivity contribution is 6.30. The van der Waals surface area contributed by atoms with Crippen molar-refractivity contribution < 1.29 is 0 Å². The van der Waals surface area contributed by atoms with Crippen molar-refractivity contribution in [3.8, 4) is 55.6 Å². The summed E-state index contributed by atoms with van der Waals surface area (Å²) in [5, 5.41) is 30.7. The summed E-state index contributed by atoms with van der Waals surface area (Å²) in [4.78, 5) is 0. The van der Waals surface area contributed by atoms with Crippen LogP contribution in [-0.2, 0) is 0 Å². The molecule has 0 atom stereocenters. The van der Waals surface area contributed by atoms with Gasteiger partial charge in [0.2, 0.25) is 0 Å². The Bertz CT molecular complexity index is 5750. The molecule has 0 fully saturated rings. The van der Waals surface area contributed by atoms with Gasteiger partial charge in [0.1, 0.15) is 0 Å². The summed E-state index contributed by atoms with van der Waals surface area (Å²) in [6.07, 6.45) is 0. The lowest BCUT2D eigenvalue weighted by atomic mass is 9.88. The first-order valence-corrected chi connectivity index (χ1v) is 29.3. The largest absolute Gasteiger partial charge is 0.0616 e. The first-order valence-electron chi connectivity index (χ1n) is 29.3. The van der Waals surface area contributed by atoms with Gasteiger partial charge >= 0.3 is 0 Å². The molecule has 0 unspecified atom stereocenters. The molecule has 84 heavy (non-hydrogen) atoms. The molecule has 0 saturated carbocycles. The van der Waals surface area contributed by atoms with Gasteiger partial charge in [-0.3, -0.25) is 0 Å². The maximum absolute atomic E-state index is 2.43. The van der Waals surface area contributed by atoms with E-state index in [-0.39, 0.29) is 0 Å². The Morgan fingerprint density at radius 3 is 0.440 bits per heavy atom. The van der Waals surface area contributed by atoms with Gasteiger partial charge in [-0.2, -0.15) is 0 Å². The molecule has 0 spiro atoms. The first kappa shape index (κ1) is 46.8. The second-order valence-corrected chi connectivity index (χ2v) is 23.0. The molecule has 0 bridgehead atoms. The van der Waals surface area contributed by atoms with Crippen molar-refractivity contribution in [1.82, 2.24) is 0 Å². The van der Waals surface area contributed by atoms with E-state index >= 15 is 0 Å². The van der Waals surface area contributed by atoms with Crippen LogP contribution in [0, 0.1) is 0 Å². The topological polar surface area (TPSA) is 0 Å². The monoisotopic (exact) mass is 1060 g/mol. The Hall–Kier alpha value is -10.9. The third-order valence-corrected chi connectivity index (χ3v) is 18.6. The number of benzene rings is 18. The van der Waals surface area contributed by atoms with Gasteiger partial charge in [0.05, 0.1) is 0 Å². The minimum absolute atomic E-state index is 1.21. The quantitative estimate of drug-likeness (QED) is 0.151. The average Bonchev–Trinajstić information content (AvgIpc) is 1.45. The van der Waals surface area contributed by atoms with E-state index in [4.69, 9.17) is 0 Å². The Morgan fingerprint density at radius 2 is 0.226 bits per heavy atom. The van der Waals surface area contributed by atoms with E-state index in [2.05, 4.69) is 303 Å². The molecular formula is C84H50. The Kier molecular flexibility index (Phi) is 10.2. The molecule has 0 N–H and O–H groups in total. The third-order valence-electron chi connectivity index (χ3n) is 18.6. The van der Waals surface area contributed by atoms with Crippen molar-refractivity contribution in [3.05, 3.63) is 303 Å². The van der Waals surface area contributed by atoms with E-state index in [9.17, 15) is 0 Å². The zero-order valence-corrected chi connectivity index (χ0v) is 45.9. The fourth-order valence-corrected chi connectivity index (χ4v) is 14.5. The van der Waals surface area contributed by atoms with Crippen LogP contribution in [0.1, 0.15) is 0 Å². The molecule has 0 heterocycles. The summed E-state index contributed by atoms with van der Waals surface area (Å²) in [5.41, 5.74) is 12.1. The molecule has 0 saturated heterocycles. The molecule has 0 heteroatoms. The summed E-state index contributed by atoms with van der Waals surface area (Å²) in [6, 6.07) is 114. The van der Waals surface area contributed by atoms with Gasteiger partial charge in [-0.15, -0.1) is 0 Å². The van der Waals surface area contributed by atoms with Crippen LogP contribution in [0.3, 0.4) is 0 Å². The molecule has 386 valence electrons. The second kappa shape index (κ2) is 18.3. The Balaban J connectivity index is 0.701. The highest BCUT2D eigenvalue weighted by Gasteiger charge is 2.17. The summed E-state index contributed by atoms with van der Waals surface area (Å²) in [7, 11) is 0. The van der Waals surface area contributed by atoms with Crippen molar-refractivity contribution in [2.75, 3.05) is 0 Å². The van der Waals surface area contributed by atoms with E-state index in [0.29, 0.717) is 0 Å². The van der Waals surface area contributed by atoms with E-state index < -0.39 is 0 Å². The molecule has 0 aliphatic rings. The van der Waals surface area contributed by atoms with Crippen LogP contribution < -0.4 is 0 Å². The van der Waals surface area contributed by atoms with Crippen molar-refractivity contribution in [2.24, 2.45) is 0 Å². The van der Waals surface area contributed by atoms with Gasteiger partial charge in [0, 0.05) is 0 Å². The SMILES string of the molecule is c1cc(-c2ccc3c4ccccc4c4ccccc4c3c2)cc(-c2ccc3c(c2)c2ccccc2c2ccc(-c4ccc5c6ccc(-c7ccc(-c8ccc9c%10ccccc%10c%10ccccc%10c9c8)cc7)cc6c6ccccc6c5c4)cc23)c1. The minimum Gasteiger partial charge on any atom is -0.0616 e. The molecule has 18 rings (SSSR count). The van der Waals surface area contributed by atoms with Gasteiger partial charge in [-0.25, -0.2) is 0 Å². The van der Waals surface area contributed by atoms with Crippen molar-refractivity contribution in [2.45, 2.75) is 0 Å². The molecule has 0 amide bonds. The minimum atomic E-state index is 1.21. The fraction of sp³-hybridized carbons (Fsp3) is 0. The van der Waals surface area contributed by atoms with E-state index in [1.54, 1.807) is 0 Å². The molecular weight excluding hydrogens is 1010 g/mol. The zero-order chi connectivity index (χ0) is 55.0. The van der Waals surface area contributed by atoms with Gasteiger partial charge in [0.15, 0.2) is 0 Å². The highest BCUT2D eigenvalue weighted by atomic mass is 14.2. The van der Waals surface area contributed by atoms with Crippen LogP contribution in [0.15, 0.2) is 303 Å². The van der Waals surface area contributed by atoms with Gasteiger partial charge in [-0.1, -0.05) is 261 Å². The van der Waals surface area contributed by atoms with Gasteiger partial charge in [0.25, 0.3) is 0 Å². The number of rotatable bonds is 5. The number of fused-ring (bicyclic) bond motifs is 24. The molecule has 0 aromatic heterocycles. The number of hydrogen-bond acceptors (Lipinski definition) is 0. The molecule has 0 radical (unpaired) electrons. The van der Waals surface area contributed by atoms with Crippen molar-refractivity contribution in [3.63, 3.8) is 0 Å². The summed E-state index contributed by atoms with van der Waals surface area (Å²) >= 11 is 0. The first-order chi connectivity index (χ1) is 41.6. The lowest BCUT2D eigenvalue weighted by Crippen LogP contribution is -1.88. The van der Waals surface area contributed by atoms with E-state index in [1.165, 1.54) is 185 Å². The molecule has 0 aliphatic carbocycles. The van der Waals surface area contributed by atoms with Crippen LogP contribution in [0.5, 0.6) is 0 Å². The normalized spacial score (nSPS) is 12.0. The van der Waals surface area contributed by atoms with Gasteiger partial charge < -0.3 is 0 Å². The van der Waals surface area contributed by atoms with Crippen LogP contribution in [0.4, 0.5) is 0 Å². The maximum atomic E-state index is 2.43. The smallest absolute Gasteiger partial charge is 0.00928 e. The van der Waals surface area contributed by atoms with E-state index in [1.807, 2.05) is 0 Å². The standard InChI is InChI=1S/C84H50/c1-3-20-65-61(16-1)63-18-5-8-23-68(63)79-45-55(32-38-73(65)79)51-28-30-52(31-29-51)56-33-39-76-77-42-36-59(49-82(77)72-27-12-11-26-71(72)80(76)46-56)60-35-41-75-67-22-7-10-25-70(67)83-48-58(37-43-78(83)84(75)50-60)54-15-13-14-53(44-54)57-34-40-74-66-21-4-2-17-62(66)64-19-6-9-24-69(64)81(74)47-57/h1-50H. The fourth-order valence-electron chi connectivity index (χ4n) is 14.5. The number of hydrogen-bond donors (Lipinski definition) is 0. The van der Waals surface area contributed by atoms with Gasteiger partial charge in [-0.05, 0) is 227 Å². The Labute approximate surface area is 485 Å². The van der Waals surface area contributed by atoms with E-state index in [0.717, 1.165) is 0 Å². The summed E-state index contributed by atoms with van der Waals surface area (Å²) in [5.74, 6) is 0. The zero-order valence-electron chi connectivity index (χ0n) is 45.9. The molecule has 0 nitrogen and oxygen atoms in total. The molecule has 18 aromatic carbocycles. The molecule has 0 aliphatic heterocycles. The predicted molar refractivity (Wildman–Crippen MR) is 364 cm³/mol. The Morgan fingerprint density at radius 1 is 0.0833 bits per heavy atom. The summed E-state index contributed by atoms with van der Waals surface area (Å²) < 4.78 is 0. The van der Waals surface area contributed by atoms with Crippen LogP contribution in [0.25, 0.3) is 185 Å². The van der Waals surface area contributed by atoms with Crippen LogP contribution in [-0.4, -0.2) is 0 Å². The van der Waals surface area contributed by atoms with Crippen LogP contribution in [0.2, 0.25) is 0 Å². The van der Waals surface area contributed by atoms with Crippen LogP contribution >= 0.6 is 0 Å². The highest BCUT2D eigenvalue weighted by Crippen LogP contribution is 2.45.